The van der Waals surface area contributed by atoms with Gasteiger partial charge in [-0.2, -0.15) is 4.31 Å². The highest BCUT2D eigenvalue weighted by atomic mass is 32.2. The van der Waals surface area contributed by atoms with E-state index in [-0.39, 0.29) is 0 Å². The predicted octanol–water partition coefficient (Wildman–Crippen LogP) is 0.820. The molecular weight excluding hydrogens is 174 g/mol. The number of sulfonamides is 1. The van der Waals surface area contributed by atoms with Gasteiger partial charge >= 0.3 is 0 Å². The fourth-order valence-corrected chi connectivity index (χ4v) is 3.62. The lowest BCUT2D eigenvalue weighted by Gasteiger charge is -2.49. The first-order valence-corrected chi connectivity index (χ1v) is 6.40. The third-order valence-corrected chi connectivity index (χ3v) is 4.35. The normalized spacial score (nSPS) is 37.1. The summed E-state index contributed by atoms with van der Waals surface area (Å²) in [5.74, 6) is 0.675. The molecule has 0 radical (unpaired) electrons. The van der Waals surface area contributed by atoms with Crippen molar-refractivity contribution in [2.75, 3.05) is 12.8 Å². The van der Waals surface area contributed by atoms with Crippen LogP contribution in [0.2, 0.25) is 0 Å². The van der Waals surface area contributed by atoms with Crippen LogP contribution in [0.1, 0.15) is 25.7 Å². The standard InChI is InChI=1S/C8H15NO2S/c1-12(10,11)9-6-7-4-2-3-5-8(7)9/h7-8H,2-6H2,1H3/t7-,8+/m0/s1. The van der Waals surface area contributed by atoms with Crippen molar-refractivity contribution >= 4 is 10.0 Å². The highest BCUT2D eigenvalue weighted by Gasteiger charge is 2.44. The van der Waals surface area contributed by atoms with Crippen LogP contribution in [0.25, 0.3) is 0 Å². The first-order chi connectivity index (χ1) is 5.59. The summed E-state index contributed by atoms with van der Waals surface area (Å²) in [4.78, 5) is 0. The van der Waals surface area contributed by atoms with Crippen molar-refractivity contribution < 1.29 is 8.42 Å². The molecule has 0 aromatic heterocycles. The van der Waals surface area contributed by atoms with Crippen molar-refractivity contribution in [2.45, 2.75) is 31.7 Å². The zero-order valence-corrected chi connectivity index (χ0v) is 8.18. The summed E-state index contributed by atoms with van der Waals surface area (Å²) in [6.07, 6.45) is 6.12. The summed E-state index contributed by atoms with van der Waals surface area (Å²) >= 11 is 0. The molecule has 1 heterocycles. The lowest BCUT2D eigenvalue weighted by molar-refractivity contribution is 0.0609. The van der Waals surface area contributed by atoms with Crippen LogP contribution in [0.5, 0.6) is 0 Å². The van der Waals surface area contributed by atoms with E-state index in [1.165, 1.54) is 25.5 Å². The third kappa shape index (κ3) is 1.27. The molecule has 3 nitrogen and oxygen atoms in total. The number of rotatable bonds is 1. The van der Waals surface area contributed by atoms with Gasteiger partial charge < -0.3 is 0 Å². The van der Waals surface area contributed by atoms with Gasteiger partial charge in [0, 0.05) is 12.6 Å². The van der Waals surface area contributed by atoms with E-state index in [0.717, 1.165) is 13.0 Å². The van der Waals surface area contributed by atoms with Crippen molar-refractivity contribution in [2.24, 2.45) is 5.92 Å². The topological polar surface area (TPSA) is 37.4 Å². The van der Waals surface area contributed by atoms with Gasteiger partial charge in [-0.05, 0) is 18.8 Å². The van der Waals surface area contributed by atoms with E-state index in [1.807, 2.05) is 0 Å². The fraction of sp³-hybridized carbons (Fsp3) is 1.00. The minimum absolute atomic E-state index is 0.355. The van der Waals surface area contributed by atoms with Crippen LogP contribution in [0.15, 0.2) is 0 Å². The van der Waals surface area contributed by atoms with E-state index >= 15 is 0 Å². The van der Waals surface area contributed by atoms with Crippen molar-refractivity contribution in [1.82, 2.24) is 4.31 Å². The molecule has 1 aliphatic carbocycles. The summed E-state index contributed by atoms with van der Waals surface area (Å²) in [6.45, 7) is 0.781. The monoisotopic (exact) mass is 189 g/mol. The van der Waals surface area contributed by atoms with Crippen molar-refractivity contribution in [3.63, 3.8) is 0 Å². The van der Waals surface area contributed by atoms with Crippen molar-refractivity contribution in [3.8, 4) is 0 Å². The Balaban J connectivity index is 2.06. The SMILES string of the molecule is CS(=O)(=O)N1C[C@@H]2CCCC[C@H]21. The second-order valence-corrected chi connectivity index (χ2v) is 5.88. The summed E-state index contributed by atoms with van der Waals surface area (Å²) in [5, 5.41) is 0. The number of hydrogen-bond acceptors (Lipinski definition) is 2. The zero-order chi connectivity index (χ0) is 8.77. The Hall–Kier alpha value is -0.0900. The molecule has 0 spiro atoms. The van der Waals surface area contributed by atoms with Gasteiger partial charge in [-0.25, -0.2) is 8.42 Å². The second-order valence-electron chi connectivity index (χ2n) is 3.94. The van der Waals surface area contributed by atoms with Crippen LogP contribution >= 0.6 is 0 Å². The molecule has 2 aliphatic rings. The summed E-state index contributed by atoms with van der Waals surface area (Å²) in [6, 6.07) is 0.355. The average molecular weight is 189 g/mol. The number of fused-ring (bicyclic) bond motifs is 1. The van der Waals surface area contributed by atoms with Crippen molar-refractivity contribution in [1.29, 1.82) is 0 Å². The molecule has 1 aliphatic heterocycles. The maximum atomic E-state index is 11.2. The molecule has 1 saturated heterocycles. The Morgan fingerprint density at radius 1 is 1.25 bits per heavy atom. The molecule has 0 aromatic rings. The first kappa shape index (κ1) is 8.51. The highest BCUT2D eigenvalue weighted by Crippen LogP contribution is 2.38. The molecular formula is C8H15NO2S. The van der Waals surface area contributed by atoms with E-state index in [4.69, 9.17) is 0 Å². The Morgan fingerprint density at radius 2 is 1.92 bits per heavy atom. The van der Waals surface area contributed by atoms with Crippen LogP contribution in [-0.4, -0.2) is 31.6 Å². The quantitative estimate of drug-likeness (QED) is 0.612. The molecule has 0 aromatic carbocycles. The predicted molar refractivity (Wildman–Crippen MR) is 47.3 cm³/mol. The molecule has 1 saturated carbocycles. The molecule has 2 rings (SSSR count). The molecule has 2 atom stereocenters. The molecule has 70 valence electrons. The smallest absolute Gasteiger partial charge is 0.211 e. The van der Waals surface area contributed by atoms with Crippen molar-refractivity contribution in [3.05, 3.63) is 0 Å². The van der Waals surface area contributed by atoms with Gasteiger partial charge in [-0.1, -0.05) is 12.8 Å². The summed E-state index contributed by atoms with van der Waals surface area (Å²) < 4.78 is 24.1. The van der Waals surface area contributed by atoms with Crippen LogP contribution in [0.3, 0.4) is 0 Å². The Labute approximate surface area is 73.8 Å². The average Bonchev–Trinajstić information content (AvgIpc) is 1.88. The summed E-state index contributed by atoms with van der Waals surface area (Å²) in [7, 11) is -2.90. The van der Waals surface area contributed by atoms with Gasteiger partial charge in [0.2, 0.25) is 10.0 Å². The van der Waals surface area contributed by atoms with E-state index < -0.39 is 10.0 Å². The lowest BCUT2D eigenvalue weighted by atomic mass is 9.79. The minimum Gasteiger partial charge on any atom is -0.212 e. The van der Waals surface area contributed by atoms with Gasteiger partial charge in [0.25, 0.3) is 0 Å². The van der Waals surface area contributed by atoms with Gasteiger partial charge in [0.1, 0.15) is 0 Å². The van der Waals surface area contributed by atoms with Gasteiger partial charge in [0.15, 0.2) is 0 Å². The van der Waals surface area contributed by atoms with Gasteiger partial charge in [-0.15, -0.1) is 0 Å². The fourth-order valence-electron chi connectivity index (χ4n) is 2.39. The Bertz CT molecular complexity index is 273. The Kier molecular flexibility index (Phi) is 1.92. The molecule has 0 N–H and O–H groups in total. The van der Waals surface area contributed by atoms with Gasteiger partial charge in [-0.3, -0.25) is 0 Å². The molecule has 2 fully saturated rings. The third-order valence-electron chi connectivity index (χ3n) is 3.08. The van der Waals surface area contributed by atoms with Crippen LogP contribution in [0, 0.1) is 5.92 Å². The second kappa shape index (κ2) is 2.70. The largest absolute Gasteiger partial charge is 0.212 e. The van der Waals surface area contributed by atoms with E-state index in [1.54, 1.807) is 4.31 Å². The van der Waals surface area contributed by atoms with E-state index in [9.17, 15) is 8.42 Å². The number of hydrogen-bond donors (Lipinski definition) is 0. The first-order valence-electron chi connectivity index (χ1n) is 4.56. The van der Waals surface area contributed by atoms with Crippen LogP contribution < -0.4 is 0 Å². The van der Waals surface area contributed by atoms with E-state index in [2.05, 4.69) is 0 Å². The maximum absolute atomic E-state index is 11.2. The molecule has 0 bridgehead atoms. The highest BCUT2D eigenvalue weighted by molar-refractivity contribution is 7.88. The lowest BCUT2D eigenvalue weighted by Crippen LogP contribution is -2.59. The maximum Gasteiger partial charge on any atom is 0.211 e. The van der Waals surface area contributed by atoms with E-state index in [0.29, 0.717) is 12.0 Å². The molecule has 0 amide bonds. The van der Waals surface area contributed by atoms with Crippen LogP contribution in [0.4, 0.5) is 0 Å². The van der Waals surface area contributed by atoms with Crippen LogP contribution in [-0.2, 0) is 10.0 Å². The minimum atomic E-state index is -2.90. The Morgan fingerprint density at radius 3 is 2.50 bits per heavy atom. The zero-order valence-electron chi connectivity index (χ0n) is 7.36. The summed E-state index contributed by atoms with van der Waals surface area (Å²) in [5.41, 5.74) is 0. The molecule has 12 heavy (non-hydrogen) atoms. The van der Waals surface area contributed by atoms with Gasteiger partial charge in [0.05, 0.1) is 6.26 Å². The molecule has 4 heteroatoms. The number of nitrogens with zero attached hydrogens (tertiary/aromatic N) is 1. The molecule has 0 unspecified atom stereocenters.